The van der Waals surface area contributed by atoms with Crippen LogP contribution in [0.2, 0.25) is 10.0 Å². The number of nitrogens with zero attached hydrogens (tertiary/aromatic N) is 1. The van der Waals surface area contributed by atoms with Crippen LogP contribution in [0.4, 0.5) is 0 Å². The Kier molecular flexibility index (Phi) is 10.9. The van der Waals surface area contributed by atoms with Gasteiger partial charge in [0.2, 0.25) is 11.8 Å². The number of esters is 1. The maximum atomic E-state index is 12.6. The maximum Gasteiger partial charge on any atom is 0.328 e. The molecule has 176 valence electrons. The van der Waals surface area contributed by atoms with Crippen LogP contribution in [0.25, 0.3) is 6.08 Å². The standard InChI is InChI=1S/C23H30Cl2N2O4S/c1-4-5-6-17(23(30)31-2)26-22(29)16-11-13-27(14-12-16)19(28)10-8-15-7-9-18(32-3)21(25)20(15)24/h7-10,16-17H,4-6,11-14H2,1-3H3,(H,26,29)/b10-8+/t17-/m0/s1. The van der Waals surface area contributed by atoms with Crippen molar-refractivity contribution in [1.29, 1.82) is 0 Å². The van der Waals surface area contributed by atoms with Gasteiger partial charge >= 0.3 is 5.97 Å². The van der Waals surface area contributed by atoms with Crippen LogP contribution in [0.15, 0.2) is 23.1 Å². The van der Waals surface area contributed by atoms with Crippen molar-refractivity contribution in [3.63, 3.8) is 0 Å². The molecular weight excluding hydrogens is 471 g/mol. The maximum absolute atomic E-state index is 12.6. The molecule has 1 fully saturated rings. The van der Waals surface area contributed by atoms with Gasteiger partial charge in [0.1, 0.15) is 6.04 Å². The number of unbranched alkanes of at least 4 members (excludes halogenated alkanes) is 1. The minimum Gasteiger partial charge on any atom is -0.467 e. The lowest BCUT2D eigenvalue weighted by Gasteiger charge is -2.31. The summed E-state index contributed by atoms with van der Waals surface area (Å²) in [4.78, 5) is 39.7. The fourth-order valence-corrected chi connectivity index (χ4v) is 4.72. The second kappa shape index (κ2) is 13.1. The quantitative estimate of drug-likeness (QED) is 0.299. The van der Waals surface area contributed by atoms with Gasteiger partial charge in [0.25, 0.3) is 0 Å². The second-order valence-corrected chi connectivity index (χ2v) is 9.25. The Labute approximate surface area is 204 Å². The zero-order chi connectivity index (χ0) is 23.7. The number of likely N-dealkylation sites (tertiary alicyclic amines) is 1. The molecular formula is C23H30Cl2N2O4S. The lowest BCUT2D eigenvalue weighted by molar-refractivity contribution is -0.146. The summed E-state index contributed by atoms with van der Waals surface area (Å²) in [6, 6.07) is 3.08. The van der Waals surface area contributed by atoms with E-state index in [9.17, 15) is 14.4 Å². The number of rotatable bonds is 9. The van der Waals surface area contributed by atoms with Crippen LogP contribution >= 0.6 is 35.0 Å². The third-order valence-corrected chi connectivity index (χ3v) is 7.32. The zero-order valence-corrected chi connectivity index (χ0v) is 21.0. The fourth-order valence-electron chi connectivity index (χ4n) is 3.55. The molecule has 1 saturated heterocycles. The van der Waals surface area contributed by atoms with Gasteiger partial charge in [-0.1, -0.05) is 49.0 Å². The Morgan fingerprint density at radius 3 is 2.53 bits per heavy atom. The summed E-state index contributed by atoms with van der Waals surface area (Å²) in [5.41, 5.74) is 0.679. The molecule has 9 heteroatoms. The zero-order valence-electron chi connectivity index (χ0n) is 18.7. The van der Waals surface area contributed by atoms with Crippen LogP contribution in [-0.2, 0) is 19.1 Å². The highest BCUT2D eigenvalue weighted by molar-refractivity contribution is 7.98. The average molecular weight is 501 g/mol. The summed E-state index contributed by atoms with van der Waals surface area (Å²) < 4.78 is 4.81. The van der Waals surface area contributed by atoms with E-state index >= 15 is 0 Å². The summed E-state index contributed by atoms with van der Waals surface area (Å²) in [5.74, 6) is -0.951. The van der Waals surface area contributed by atoms with E-state index in [1.54, 1.807) is 11.0 Å². The minimum absolute atomic E-state index is 0.139. The number of carbonyl (C=O) groups excluding carboxylic acids is 3. The molecule has 1 aliphatic heterocycles. The van der Waals surface area contributed by atoms with Gasteiger partial charge in [0.05, 0.1) is 17.2 Å². The van der Waals surface area contributed by atoms with E-state index in [0.717, 1.165) is 17.7 Å². The summed E-state index contributed by atoms with van der Waals surface area (Å²) in [7, 11) is 1.32. The predicted molar refractivity (Wildman–Crippen MR) is 130 cm³/mol. The normalized spacial score (nSPS) is 15.6. The van der Waals surface area contributed by atoms with Crippen molar-refractivity contribution in [2.24, 2.45) is 5.92 Å². The van der Waals surface area contributed by atoms with Crippen LogP contribution in [0.3, 0.4) is 0 Å². The molecule has 2 rings (SSSR count). The Morgan fingerprint density at radius 2 is 1.94 bits per heavy atom. The molecule has 1 heterocycles. The highest BCUT2D eigenvalue weighted by atomic mass is 35.5. The van der Waals surface area contributed by atoms with Gasteiger partial charge in [0.15, 0.2) is 0 Å². The lowest BCUT2D eigenvalue weighted by atomic mass is 9.95. The smallest absolute Gasteiger partial charge is 0.328 e. The largest absolute Gasteiger partial charge is 0.467 e. The number of thioether (sulfide) groups is 1. The number of hydrogen-bond donors (Lipinski definition) is 1. The third kappa shape index (κ3) is 7.15. The first-order valence-electron chi connectivity index (χ1n) is 10.7. The molecule has 1 atom stereocenters. The van der Waals surface area contributed by atoms with Gasteiger partial charge in [0, 0.05) is 30.0 Å². The number of methoxy groups -OCH3 is 1. The summed E-state index contributed by atoms with van der Waals surface area (Å²) >= 11 is 14.1. The van der Waals surface area contributed by atoms with Crippen molar-refractivity contribution < 1.29 is 19.1 Å². The van der Waals surface area contributed by atoms with Crippen LogP contribution < -0.4 is 5.32 Å². The second-order valence-electron chi connectivity index (χ2n) is 7.64. The Morgan fingerprint density at radius 1 is 1.25 bits per heavy atom. The predicted octanol–water partition coefficient (Wildman–Crippen LogP) is 4.82. The van der Waals surface area contributed by atoms with Gasteiger partial charge in [-0.15, -0.1) is 11.8 Å². The highest BCUT2D eigenvalue weighted by Crippen LogP contribution is 2.35. The highest BCUT2D eigenvalue weighted by Gasteiger charge is 2.29. The number of ether oxygens (including phenoxy) is 1. The first-order chi connectivity index (χ1) is 15.3. The molecule has 1 aromatic rings. The van der Waals surface area contributed by atoms with Crippen molar-refractivity contribution in [1.82, 2.24) is 10.2 Å². The van der Waals surface area contributed by atoms with E-state index in [1.165, 1.54) is 24.9 Å². The van der Waals surface area contributed by atoms with Gasteiger partial charge < -0.3 is 15.0 Å². The van der Waals surface area contributed by atoms with Crippen molar-refractivity contribution >= 4 is 58.8 Å². The van der Waals surface area contributed by atoms with Crippen LogP contribution in [-0.4, -0.2) is 55.2 Å². The van der Waals surface area contributed by atoms with E-state index in [4.69, 9.17) is 27.9 Å². The minimum atomic E-state index is -0.621. The summed E-state index contributed by atoms with van der Waals surface area (Å²) in [5, 5.41) is 3.72. The number of piperidine rings is 1. The molecule has 0 aliphatic carbocycles. The lowest BCUT2D eigenvalue weighted by Crippen LogP contribution is -2.47. The third-order valence-electron chi connectivity index (χ3n) is 5.53. The Bertz CT molecular complexity index is 855. The number of benzene rings is 1. The van der Waals surface area contributed by atoms with Crippen molar-refractivity contribution in [2.75, 3.05) is 26.5 Å². The van der Waals surface area contributed by atoms with Crippen LogP contribution in [0.1, 0.15) is 44.6 Å². The molecule has 2 amide bonds. The topological polar surface area (TPSA) is 75.7 Å². The molecule has 0 radical (unpaired) electrons. The SMILES string of the molecule is CCCC[C@H](NC(=O)C1CCN(C(=O)/C=C/c2ccc(SC)c(Cl)c2Cl)CC1)C(=O)OC. The molecule has 0 aromatic heterocycles. The molecule has 32 heavy (non-hydrogen) atoms. The number of amides is 2. The van der Waals surface area contributed by atoms with E-state index in [1.807, 2.05) is 25.3 Å². The molecule has 0 bridgehead atoms. The van der Waals surface area contributed by atoms with Gasteiger partial charge in [-0.3, -0.25) is 9.59 Å². The summed E-state index contributed by atoms with van der Waals surface area (Å²) in [6.07, 6.45) is 8.46. The van der Waals surface area contributed by atoms with Gasteiger partial charge in [-0.05, 0) is 43.2 Å². The molecule has 0 saturated carbocycles. The summed E-state index contributed by atoms with van der Waals surface area (Å²) in [6.45, 7) is 2.97. The number of halogens is 2. The molecule has 0 spiro atoms. The number of hydrogen-bond acceptors (Lipinski definition) is 5. The van der Waals surface area contributed by atoms with Crippen LogP contribution in [0.5, 0.6) is 0 Å². The molecule has 1 N–H and O–H groups in total. The number of nitrogens with one attached hydrogen (secondary N) is 1. The Hall–Kier alpha value is -1.70. The monoisotopic (exact) mass is 500 g/mol. The first-order valence-corrected chi connectivity index (χ1v) is 12.7. The number of carbonyl (C=O) groups is 3. The van der Waals surface area contributed by atoms with Crippen molar-refractivity contribution in [3.8, 4) is 0 Å². The van der Waals surface area contributed by atoms with E-state index in [-0.39, 0.29) is 17.7 Å². The molecule has 1 aliphatic rings. The van der Waals surface area contributed by atoms with E-state index in [0.29, 0.717) is 48.0 Å². The Balaban J connectivity index is 1.91. The van der Waals surface area contributed by atoms with Gasteiger partial charge in [-0.2, -0.15) is 0 Å². The van der Waals surface area contributed by atoms with E-state index < -0.39 is 12.0 Å². The van der Waals surface area contributed by atoms with E-state index in [2.05, 4.69) is 5.32 Å². The van der Waals surface area contributed by atoms with Gasteiger partial charge in [-0.25, -0.2) is 4.79 Å². The average Bonchev–Trinajstić information content (AvgIpc) is 2.81. The fraction of sp³-hybridized carbons (Fsp3) is 0.522. The van der Waals surface area contributed by atoms with Crippen molar-refractivity contribution in [2.45, 2.75) is 50.0 Å². The molecule has 1 aromatic carbocycles. The first kappa shape index (κ1) is 26.6. The van der Waals surface area contributed by atoms with Crippen molar-refractivity contribution in [3.05, 3.63) is 33.8 Å². The molecule has 0 unspecified atom stereocenters. The van der Waals surface area contributed by atoms with Crippen LogP contribution in [0, 0.1) is 5.92 Å². The molecule has 6 nitrogen and oxygen atoms in total.